The van der Waals surface area contributed by atoms with Gasteiger partial charge in [-0.15, -0.1) is 0 Å². The summed E-state index contributed by atoms with van der Waals surface area (Å²) in [5.74, 6) is 0.676. The van der Waals surface area contributed by atoms with Crippen LogP contribution in [0.3, 0.4) is 0 Å². The number of rotatable bonds is 0. The predicted molar refractivity (Wildman–Crippen MR) is 48.4 cm³/mol. The lowest BCUT2D eigenvalue weighted by Crippen LogP contribution is -2.08. The standard InChI is InChI=1S/C9H8ClNO/c1-6-3-5-12-9-7(10)2-4-11-8(6)9/h2,4H,1,3,5H2. The number of pyridine rings is 1. The second-order valence-corrected chi connectivity index (χ2v) is 3.08. The summed E-state index contributed by atoms with van der Waals surface area (Å²) in [5.41, 5.74) is 1.80. The lowest BCUT2D eigenvalue weighted by atomic mass is 10.1. The first-order valence-corrected chi connectivity index (χ1v) is 4.12. The van der Waals surface area contributed by atoms with Crippen LogP contribution < -0.4 is 4.74 Å². The summed E-state index contributed by atoms with van der Waals surface area (Å²) >= 11 is 5.90. The van der Waals surface area contributed by atoms with Crippen LogP contribution in [0.2, 0.25) is 5.02 Å². The Morgan fingerprint density at radius 2 is 2.42 bits per heavy atom. The minimum absolute atomic E-state index is 0.612. The molecule has 0 amide bonds. The van der Waals surface area contributed by atoms with Crippen LogP contribution in [0.15, 0.2) is 18.8 Å². The molecule has 3 heteroatoms. The molecular weight excluding hydrogens is 174 g/mol. The average molecular weight is 182 g/mol. The van der Waals surface area contributed by atoms with E-state index in [2.05, 4.69) is 11.6 Å². The van der Waals surface area contributed by atoms with Gasteiger partial charge < -0.3 is 4.74 Å². The summed E-state index contributed by atoms with van der Waals surface area (Å²) in [6.07, 6.45) is 2.50. The van der Waals surface area contributed by atoms with E-state index in [0.717, 1.165) is 17.7 Å². The van der Waals surface area contributed by atoms with E-state index in [4.69, 9.17) is 16.3 Å². The molecule has 0 atom stereocenters. The van der Waals surface area contributed by atoms with E-state index < -0.39 is 0 Å². The Labute approximate surface area is 75.8 Å². The number of hydrogen-bond acceptors (Lipinski definition) is 2. The van der Waals surface area contributed by atoms with Gasteiger partial charge in [0.05, 0.1) is 11.6 Å². The lowest BCUT2D eigenvalue weighted by molar-refractivity contribution is 0.314. The second-order valence-electron chi connectivity index (χ2n) is 2.67. The average Bonchev–Trinajstić information content (AvgIpc) is 2.07. The van der Waals surface area contributed by atoms with Crippen molar-refractivity contribution in [3.8, 4) is 5.75 Å². The van der Waals surface area contributed by atoms with Crippen LogP contribution in [0, 0.1) is 0 Å². The molecule has 0 N–H and O–H groups in total. The molecule has 2 heterocycles. The number of aromatic nitrogens is 1. The SMILES string of the molecule is C=C1CCOc2c(Cl)ccnc21. The maximum atomic E-state index is 5.90. The van der Waals surface area contributed by atoms with Crippen LogP contribution in [0.1, 0.15) is 12.1 Å². The normalized spacial score (nSPS) is 15.2. The van der Waals surface area contributed by atoms with Crippen LogP contribution >= 0.6 is 11.6 Å². The zero-order chi connectivity index (χ0) is 8.55. The molecule has 0 aromatic carbocycles. The molecule has 0 unspecified atom stereocenters. The van der Waals surface area contributed by atoms with Crippen molar-refractivity contribution in [3.05, 3.63) is 29.6 Å². The van der Waals surface area contributed by atoms with Gasteiger partial charge >= 0.3 is 0 Å². The predicted octanol–water partition coefficient (Wildman–Crippen LogP) is 2.53. The minimum atomic E-state index is 0.612. The summed E-state index contributed by atoms with van der Waals surface area (Å²) in [6, 6.07) is 1.72. The summed E-state index contributed by atoms with van der Waals surface area (Å²) < 4.78 is 5.37. The third-order valence-electron chi connectivity index (χ3n) is 1.84. The topological polar surface area (TPSA) is 22.1 Å². The molecule has 0 fully saturated rings. The third kappa shape index (κ3) is 1.08. The van der Waals surface area contributed by atoms with Gasteiger partial charge in [0.15, 0.2) is 5.75 Å². The number of ether oxygens (including phenoxy) is 1. The summed E-state index contributed by atoms with van der Waals surface area (Å²) in [7, 11) is 0. The van der Waals surface area contributed by atoms with E-state index in [0.29, 0.717) is 17.4 Å². The Bertz CT molecular complexity index is 335. The minimum Gasteiger partial charge on any atom is -0.489 e. The van der Waals surface area contributed by atoms with Gasteiger partial charge in [0, 0.05) is 12.6 Å². The Hall–Kier alpha value is -1.02. The van der Waals surface area contributed by atoms with Gasteiger partial charge in [0.25, 0.3) is 0 Å². The molecule has 1 aromatic heterocycles. The molecule has 0 radical (unpaired) electrons. The smallest absolute Gasteiger partial charge is 0.163 e. The fourth-order valence-corrected chi connectivity index (χ4v) is 1.41. The number of hydrogen-bond donors (Lipinski definition) is 0. The monoisotopic (exact) mass is 181 g/mol. The van der Waals surface area contributed by atoms with Gasteiger partial charge in [0.2, 0.25) is 0 Å². The molecule has 0 aliphatic carbocycles. The van der Waals surface area contributed by atoms with Gasteiger partial charge in [-0.2, -0.15) is 0 Å². The van der Waals surface area contributed by atoms with Gasteiger partial charge in [-0.25, -0.2) is 0 Å². The number of nitrogens with zero attached hydrogens (tertiary/aromatic N) is 1. The summed E-state index contributed by atoms with van der Waals surface area (Å²) in [4.78, 5) is 4.15. The largest absolute Gasteiger partial charge is 0.489 e. The van der Waals surface area contributed by atoms with Crippen molar-refractivity contribution in [1.82, 2.24) is 4.98 Å². The number of fused-ring (bicyclic) bond motifs is 1. The highest BCUT2D eigenvalue weighted by Gasteiger charge is 2.17. The zero-order valence-electron chi connectivity index (χ0n) is 6.51. The molecular formula is C9H8ClNO. The van der Waals surface area contributed by atoms with Crippen molar-refractivity contribution in [3.63, 3.8) is 0 Å². The van der Waals surface area contributed by atoms with Gasteiger partial charge in [-0.3, -0.25) is 4.98 Å². The van der Waals surface area contributed by atoms with E-state index in [1.54, 1.807) is 12.3 Å². The Morgan fingerprint density at radius 3 is 3.17 bits per heavy atom. The highest BCUT2D eigenvalue weighted by atomic mass is 35.5. The molecule has 1 aliphatic rings. The molecule has 0 saturated heterocycles. The van der Waals surface area contributed by atoms with Crippen molar-refractivity contribution in [1.29, 1.82) is 0 Å². The van der Waals surface area contributed by atoms with Crippen molar-refractivity contribution in [2.24, 2.45) is 0 Å². The highest BCUT2D eigenvalue weighted by molar-refractivity contribution is 6.32. The third-order valence-corrected chi connectivity index (χ3v) is 2.14. The van der Waals surface area contributed by atoms with E-state index >= 15 is 0 Å². The number of halogens is 1. The Balaban J connectivity index is 2.59. The second kappa shape index (κ2) is 2.79. The first kappa shape index (κ1) is 7.62. The molecule has 0 spiro atoms. The van der Waals surface area contributed by atoms with Gasteiger partial charge in [-0.05, 0) is 11.6 Å². The first-order valence-electron chi connectivity index (χ1n) is 3.74. The first-order chi connectivity index (χ1) is 5.79. The quantitative estimate of drug-likeness (QED) is 0.614. The molecule has 2 nitrogen and oxygen atoms in total. The van der Waals surface area contributed by atoms with E-state index in [1.807, 2.05) is 0 Å². The lowest BCUT2D eigenvalue weighted by Gasteiger charge is -2.18. The van der Waals surface area contributed by atoms with Crippen LogP contribution in [-0.4, -0.2) is 11.6 Å². The highest BCUT2D eigenvalue weighted by Crippen LogP contribution is 2.35. The fraction of sp³-hybridized carbons (Fsp3) is 0.222. The fourth-order valence-electron chi connectivity index (χ4n) is 1.21. The molecule has 12 heavy (non-hydrogen) atoms. The van der Waals surface area contributed by atoms with Crippen molar-refractivity contribution in [2.75, 3.05) is 6.61 Å². The Kier molecular flexibility index (Phi) is 1.77. The molecule has 0 bridgehead atoms. The van der Waals surface area contributed by atoms with E-state index in [1.165, 1.54) is 0 Å². The van der Waals surface area contributed by atoms with E-state index in [9.17, 15) is 0 Å². The Morgan fingerprint density at radius 1 is 1.58 bits per heavy atom. The summed E-state index contributed by atoms with van der Waals surface area (Å²) in [6.45, 7) is 4.55. The van der Waals surface area contributed by atoms with Crippen LogP contribution in [0.25, 0.3) is 5.57 Å². The maximum absolute atomic E-state index is 5.90. The summed E-state index contributed by atoms with van der Waals surface area (Å²) in [5, 5.41) is 0.612. The zero-order valence-corrected chi connectivity index (χ0v) is 7.27. The van der Waals surface area contributed by atoms with E-state index in [-0.39, 0.29) is 0 Å². The van der Waals surface area contributed by atoms with Gasteiger partial charge in [0.1, 0.15) is 5.69 Å². The molecule has 62 valence electrons. The van der Waals surface area contributed by atoms with Crippen molar-refractivity contribution in [2.45, 2.75) is 6.42 Å². The van der Waals surface area contributed by atoms with Crippen molar-refractivity contribution >= 4 is 17.2 Å². The van der Waals surface area contributed by atoms with Gasteiger partial charge in [-0.1, -0.05) is 18.2 Å². The van der Waals surface area contributed by atoms with Crippen LogP contribution in [0.5, 0.6) is 5.75 Å². The van der Waals surface area contributed by atoms with Crippen LogP contribution in [0.4, 0.5) is 0 Å². The molecule has 1 aromatic rings. The maximum Gasteiger partial charge on any atom is 0.163 e. The van der Waals surface area contributed by atoms with Crippen LogP contribution in [-0.2, 0) is 0 Å². The molecule has 2 rings (SSSR count). The molecule has 0 saturated carbocycles. The van der Waals surface area contributed by atoms with Crippen molar-refractivity contribution < 1.29 is 4.74 Å². The molecule has 1 aliphatic heterocycles.